The van der Waals surface area contributed by atoms with Gasteiger partial charge in [0.05, 0.1) is 17.0 Å². The molecule has 4 nitrogen and oxygen atoms in total. The summed E-state index contributed by atoms with van der Waals surface area (Å²) in [5, 5.41) is 3.35. The van der Waals surface area contributed by atoms with E-state index < -0.39 is 0 Å². The van der Waals surface area contributed by atoms with Crippen LogP contribution in [0, 0.1) is 5.92 Å². The third-order valence-electron chi connectivity index (χ3n) is 2.69. The van der Waals surface area contributed by atoms with Crippen molar-refractivity contribution >= 4 is 21.8 Å². The molecule has 1 aromatic carbocycles. The number of primary amides is 1. The van der Waals surface area contributed by atoms with Gasteiger partial charge in [-0.1, -0.05) is 26.8 Å². The van der Waals surface area contributed by atoms with Crippen molar-refractivity contribution in [3.8, 4) is 5.75 Å². The lowest BCUT2D eigenvalue weighted by Crippen LogP contribution is -2.25. The first kappa shape index (κ1) is 16.0. The number of carbonyl (C=O) groups excluding carboxylic acids is 1. The highest BCUT2D eigenvalue weighted by atomic mass is 79.9. The van der Waals surface area contributed by atoms with Crippen LogP contribution in [0.5, 0.6) is 5.75 Å². The highest BCUT2D eigenvalue weighted by molar-refractivity contribution is 9.10. The van der Waals surface area contributed by atoms with Gasteiger partial charge in [-0.05, 0) is 33.6 Å². The number of ether oxygens (including phenoxy) is 1. The quantitative estimate of drug-likeness (QED) is 0.808. The third kappa shape index (κ3) is 5.61. The van der Waals surface area contributed by atoms with E-state index in [4.69, 9.17) is 10.5 Å². The fourth-order valence-electron chi connectivity index (χ4n) is 1.39. The molecule has 3 N–H and O–H groups in total. The molecule has 0 aliphatic heterocycles. The minimum atomic E-state index is -0.353. The molecule has 19 heavy (non-hydrogen) atoms. The number of hydrogen-bond donors (Lipinski definition) is 2. The lowest BCUT2D eigenvalue weighted by molar-refractivity contribution is -0.122. The van der Waals surface area contributed by atoms with E-state index in [-0.39, 0.29) is 18.4 Å². The molecule has 0 saturated carbocycles. The Hall–Kier alpha value is -1.07. The van der Waals surface area contributed by atoms with Gasteiger partial charge in [0.2, 0.25) is 5.91 Å². The summed E-state index contributed by atoms with van der Waals surface area (Å²) in [6, 6.07) is 6.37. The lowest BCUT2D eigenvalue weighted by Gasteiger charge is -2.13. The van der Waals surface area contributed by atoms with Crippen LogP contribution in [-0.4, -0.2) is 18.6 Å². The molecule has 0 radical (unpaired) electrons. The van der Waals surface area contributed by atoms with Crippen LogP contribution >= 0.6 is 15.9 Å². The Morgan fingerprint density at radius 3 is 2.63 bits per heavy atom. The van der Waals surface area contributed by atoms with Crippen molar-refractivity contribution in [2.45, 2.75) is 33.4 Å². The van der Waals surface area contributed by atoms with Gasteiger partial charge >= 0.3 is 0 Å². The van der Waals surface area contributed by atoms with Gasteiger partial charge in [-0.15, -0.1) is 0 Å². The van der Waals surface area contributed by atoms with Crippen molar-refractivity contribution in [3.63, 3.8) is 0 Å². The summed E-state index contributed by atoms with van der Waals surface area (Å²) < 4.78 is 6.45. The van der Waals surface area contributed by atoms with Crippen molar-refractivity contribution < 1.29 is 9.53 Å². The van der Waals surface area contributed by atoms with Crippen LogP contribution in [0.25, 0.3) is 0 Å². The first-order valence-corrected chi connectivity index (χ1v) is 7.13. The van der Waals surface area contributed by atoms with E-state index in [0.29, 0.717) is 6.04 Å². The summed E-state index contributed by atoms with van der Waals surface area (Å²) in [6.45, 7) is 7.07. The first-order chi connectivity index (χ1) is 8.90. The van der Waals surface area contributed by atoms with Crippen molar-refractivity contribution in [1.29, 1.82) is 0 Å². The van der Waals surface area contributed by atoms with Crippen LogP contribution in [0.2, 0.25) is 0 Å². The molecule has 1 atom stereocenters. The van der Waals surface area contributed by atoms with Crippen LogP contribution in [0.1, 0.15) is 26.3 Å². The maximum Gasteiger partial charge on any atom is 0.223 e. The van der Waals surface area contributed by atoms with Crippen LogP contribution in [0.15, 0.2) is 22.7 Å². The van der Waals surface area contributed by atoms with E-state index in [9.17, 15) is 4.79 Å². The molecular formula is C14H21BrN2O2. The van der Waals surface area contributed by atoms with Gasteiger partial charge in [0.15, 0.2) is 0 Å². The first-order valence-electron chi connectivity index (χ1n) is 6.34. The normalized spacial score (nSPS) is 12.5. The molecule has 1 aromatic rings. The number of rotatable bonds is 7. The molecule has 0 aliphatic carbocycles. The number of amides is 1. The largest absolute Gasteiger partial charge is 0.492 e. The maximum absolute atomic E-state index is 10.9. The Labute approximate surface area is 122 Å². The van der Waals surface area contributed by atoms with E-state index in [0.717, 1.165) is 16.8 Å². The van der Waals surface area contributed by atoms with E-state index in [1.54, 1.807) is 6.92 Å². The zero-order valence-electron chi connectivity index (χ0n) is 11.6. The van der Waals surface area contributed by atoms with Crippen molar-refractivity contribution in [2.24, 2.45) is 11.7 Å². The maximum atomic E-state index is 10.9. The summed E-state index contributed by atoms with van der Waals surface area (Å²) in [5.74, 6) is 0.0736. The van der Waals surface area contributed by atoms with Gasteiger partial charge in [0.1, 0.15) is 5.75 Å². The summed E-state index contributed by atoms with van der Waals surface area (Å²) in [4.78, 5) is 10.9. The summed E-state index contributed by atoms with van der Waals surface area (Å²) in [5.41, 5.74) is 6.37. The second-order valence-electron chi connectivity index (χ2n) is 4.91. The number of hydrogen-bond acceptors (Lipinski definition) is 3. The molecule has 1 unspecified atom stereocenters. The van der Waals surface area contributed by atoms with Crippen molar-refractivity contribution in [2.75, 3.05) is 6.61 Å². The molecule has 0 saturated heterocycles. The highest BCUT2D eigenvalue weighted by Gasteiger charge is 2.11. The van der Waals surface area contributed by atoms with Crippen molar-refractivity contribution in [1.82, 2.24) is 5.32 Å². The molecule has 0 bridgehead atoms. The third-order valence-corrected chi connectivity index (χ3v) is 3.30. The topological polar surface area (TPSA) is 64.3 Å². The average Bonchev–Trinajstić information content (AvgIpc) is 2.34. The van der Waals surface area contributed by atoms with Gasteiger partial charge in [0.25, 0.3) is 0 Å². The fourth-order valence-corrected chi connectivity index (χ4v) is 1.93. The Bertz CT molecular complexity index is 435. The highest BCUT2D eigenvalue weighted by Crippen LogP contribution is 2.26. The Kier molecular flexibility index (Phi) is 6.31. The van der Waals surface area contributed by atoms with E-state index >= 15 is 0 Å². The Morgan fingerprint density at radius 2 is 2.11 bits per heavy atom. The van der Waals surface area contributed by atoms with Gasteiger partial charge in [0, 0.05) is 12.6 Å². The smallest absolute Gasteiger partial charge is 0.223 e. The molecule has 106 valence electrons. The van der Waals surface area contributed by atoms with E-state index in [2.05, 4.69) is 35.1 Å². The SMILES string of the molecule is CC(C)NCc1ccc(OCC(C)C(N)=O)c(Br)c1. The van der Waals surface area contributed by atoms with Crippen molar-refractivity contribution in [3.05, 3.63) is 28.2 Å². The molecule has 1 rings (SSSR count). The number of nitrogens with one attached hydrogen (secondary N) is 1. The second-order valence-corrected chi connectivity index (χ2v) is 5.77. The second kappa shape index (κ2) is 7.50. The summed E-state index contributed by atoms with van der Waals surface area (Å²) in [6.07, 6.45) is 0. The number of benzene rings is 1. The molecule has 0 aromatic heterocycles. The monoisotopic (exact) mass is 328 g/mol. The summed E-state index contributed by atoms with van der Waals surface area (Å²) >= 11 is 3.47. The Balaban J connectivity index is 2.59. The molecule has 0 heterocycles. The van der Waals surface area contributed by atoms with Crippen LogP contribution in [0.3, 0.4) is 0 Å². The molecule has 0 spiro atoms. The predicted molar refractivity (Wildman–Crippen MR) is 80.0 cm³/mol. The van der Waals surface area contributed by atoms with Crippen LogP contribution < -0.4 is 15.8 Å². The lowest BCUT2D eigenvalue weighted by atomic mass is 10.2. The van der Waals surface area contributed by atoms with Crippen LogP contribution in [0.4, 0.5) is 0 Å². The van der Waals surface area contributed by atoms with E-state index in [1.165, 1.54) is 5.56 Å². The minimum absolute atomic E-state index is 0.289. The molecule has 0 aliphatic rings. The predicted octanol–water partition coefficient (Wildman–Crippen LogP) is 2.45. The van der Waals surface area contributed by atoms with Gasteiger partial charge in [-0.25, -0.2) is 0 Å². The van der Waals surface area contributed by atoms with E-state index in [1.807, 2.05) is 18.2 Å². The number of nitrogens with two attached hydrogens (primary N) is 1. The van der Waals surface area contributed by atoms with Gasteiger partial charge in [-0.3, -0.25) is 4.79 Å². The molecule has 1 amide bonds. The standard InChI is InChI=1S/C14H21BrN2O2/c1-9(2)17-7-11-4-5-13(12(15)6-11)19-8-10(3)14(16)18/h4-6,9-10,17H,7-8H2,1-3H3,(H2,16,18). The average molecular weight is 329 g/mol. The number of halogens is 1. The summed E-state index contributed by atoms with van der Waals surface area (Å²) in [7, 11) is 0. The van der Waals surface area contributed by atoms with Gasteiger partial charge in [-0.2, -0.15) is 0 Å². The minimum Gasteiger partial charge on any atom is -0.492 e. The van der Waals surface area contributed by atoms with Crippen LogP contribution in [-0.2, 0) is 11.3 Å². The molecule has 5 heteroatoms. The van der Waals surface area contributed by atoms with Gasteiger partial charge < -0.3 is 15.8 Å². The zero-order chi connectivity index (χ0) is 14.4. The number of carbonyl (C=O) groups is 1. The zero-order valence-corrected chi connectivity index (χ0v) is 13.2. The fraction of sp³-hybridized carbons (Fsp3) is 0.500. The molecular weight excluding hydrogens is 308 g/mol. The molecule has 0 fully saturated rings. The Morgan fingerprint density at radius 1 is 1.42 bits per heavy atom.